The monoisotopic (exact) mass is 181 g/mol. The summed E-state index contributed by atoms with van der Waals surface area (Å²) in [7, 11) is 0. The summed E-state index contributed by atoms with van der Waals surface area (Å²) in [4.78, 5) is 13.9. The van der Waals surface area contributed by atoms with Crippen molar-refractivity contribution in [3.05, 3.63) is 0 Å². The number of rotatable bonds is 0. The number of carbonyl (C=O) groups is 1. The van der Waals surface area contributed by atoms with E-state index in [0.29, 0.717) is 11.9 Å². The fraction of sp³-hybridized carbons (Fsp3) is 0.909. The predicted molar refractivity (Wildman–Crippen MR) is 52.4 cm³/mol. The number of amides is 1. The molecule has 0 bridgehead atoms. The van der Waals surface area contributed by atoms with Gasteiger partial charge in [-0.1, -0.05) is 19.3 Å². The van der Waals surface area contributed by atoms with Crippen LogP contribution in [0.4, 0.5) is 0 Å². The zero-order valence-electron chi connectivity index (χ0n) is 8.30. The highest BCUT2D eigenvalue weighted by Crippen LogP contribution is 2.25. The molecule has 2 fully saturated rings. The maximum Gasteiger partial charge on any atom is 0.222 e. The van der Waals surface area contributed by atoms with Crippen molar-refractivity contribution in [3.8, 4) is 0 Å². The molecule has 0 spiro atoms. The average Bonchev–Trinajstić information content (AvgIpc) is 2.43. The van der Waals surface area contributed by atoms with Crippen molar-refractivity contribution in [2.24, 2.45) is 0 Å². The van der Waals surface area contributed by atoms with Crippen LogP contribution in [0.2, 0.25) is 0 Å². The lowest BCUT2D eigenvalue weighted by Crippen LogP contribution is -2.38. The quantitative estimate of drug-likeness (QED) is 0.561. The van der Waals surface area contributed by atoms with E-state index in [2.05, 4.69) is 4.90 Å². The van der Waals surface area contributed by atoms with Crippen LogP contribution in [0.1, 0.15) is 51.4 Å². The smallest absolute Gasteiger partial charge is 0.222 e. The average molecular weight is 181 g/mol. The zero-order chi connectivity index (χ0) is 9.10. The first-order valence-corrected chi connectivity index (χ1v) is 5.67. The van der Waals surface area contributed by atoms with Crippen LogP contribution in [-0.4, -0.2) is 23.4 Å². The summed E-state index contributed by atoms with van der Waals surface area (Å²) in [6, 6.07) is 0.595. The molecular formula is C11H19NO. The van der Waals surface area contributed by atoms with E-state index in [-0.39, 0.29) is 0 Å². The molecule has 1 amide bonds. The molecule has 1 atom stereocenters. The van der Waals surface area contributed by atoms with E-state index in [0.717, 1.165) is 19.4 Å². The molecule has 13 heavy (non-hydrogen) atoms. The molecule has 0 aromatic rings. The number of carbonyl (C=O) groups excluding carboxylic acids is 1. The zero-order valence-corrected chi connectivity index (χ0v) is 8.30. The highest BCUT2D eigenvalue weighted by atomic mass is 16.2. The number of hydrogen-bond acceptors (Lipinski definition) is 1. The molecule has 2 aliphatic heterocycles. The fourth-order valence-corrected chi connectivity index (χ4v) is 2.61. The lowest BCUT2D eigenvalue weighted by Gasteiger charge is -2.27. The van der Waals surface area contributed by atoms with Gasteiger partial charge in [0.15, 0.2) is 0 Å². The van der Waals surface area contributed by atoms with Gasteiger partial charge in [-0.25, -0.2) is 0 Å². The molecule has 1 unspecified atom stereocenters. The Morgan fingerprint density at radius 3 is 2.62 bits per heavy atom. The second-order valence-electron chi connectivity index (χ2n) is 4.34. The number of nitrogens with zero attached hydrogens (tertiary/aromatic N) is 1. The lowest BCUT2D eigenvalue weighted by molar-refractivity contribution is -0.132. The topological polar surface area (TPSA) is 20.3 Å². The summed E-state index contributed by atoms with van der Waals surface area (Å²) in [5, 5.41) is 0. The van der Waals surface area contributed by atoms with Gasteiger partial charge in [0.1, 0.15) is 0 Å². The van der Waals surface area contributed by atoms with Gasteiger partial charge >= 0.3 is 0 Å². The molecule has 2 nitrogen and oxygen atoms in total. The first-order valence-electron chi connectivity index (χ1n) is 5.67. The third kappa shape index (κ3) is 2.04. The van der Waals surface area contributed by atoms with Gasteiger partial charge in [-0.15, -0.1) is 0 Å². The van der Waals surface area contributed by atoms with Crippen LogP contribution in [0.3, 0.4) is 0 Å². The molecule has 2 saturated heterocycles. The second-order valence-corrected chi connectivity index (χ2v) is 4.34. The van der Waals surface area contributed by atoms with Gasteiger partial charge in [0.2, 0.25) is 5.91 Å². The van der Waals surface area contributed by atoms with E-state index >= 15 is 0 Å². The molecule has 74 valence electrons. The van der Waals surface area contributed by atoms with Gasteiger partial charge in [0, 0.05) is 19.0 Å². The summed E-state index contributed by atoms with van der Waals surface area (Å²) in [5.74, 6) is 0.421. The number of fused-ring (bicyclic) bond motifs is 1. The Kier molecular flexibility index (Phi) is 2.87. The van der Waals surface area contributed by atoms with Gasteiger partial charge in [0.25, 0.3) is 0 Å². The third-order valence-corrected chi connectivity index (χ3v) is 3.38. The molecule has 2 heterocycles. The first-order chi connectivity index (χ1) is 6.38. The van der Waals surface area contributed by atoms with E-state index in [1.165, 1.54) is 38.5 Å². The van der Waals surface area contributed by atoms with Crippen molar-refractivity contribution in [3.63, 3.8) is 0 Å². The van der Waals surface area contributed by atoms with Crippen LogP contribution in [0, 0.1) is 0 Å². The highest BCUT2D eigenvalue weighted by Gasteiger charge is 2.26. The van der Waals surface area contributed by atoms with Crippen LogP contribution >= 0.6 is 0 Å². The van der Waals surface area contributed by atoms with E-state index in [9.17, 15) is 4.79 Å². The standard InChI is InChI=1S/C11H19NO/c13-11-8-4-3-7-10-6-2-1-5-9-12(10)11/h10H,1-9H2. The third-order valence-electron chi connectivity index (χ3n) is 3.38. The minimum absolute atomic E-state index is 0.421. The molecule has 0 aliphatic carbocycles. The Labute approximate surface area is 80.3 Å². The summed E-state index contributed by atoms with van der Waals surface area (Å²) < 4.78 is 0. The maximum absolute atomic E-state index is 11.7. The molecule has 0 N–H and O–H groups in total. The van der Waals surface area contributed by atoms with Crippen LogP contribution in [0.5, 0.6) is 0 Å². The van der Waals surface area contributed by atoms with Crippen molar-refractivity contribution in [2.75, 3.05) is 6.54 Å². The van der Waals surface area contributed by atoms with Crippen LogP contribution in [-0.2, 0) is 4.79 Å². The molecule has 0 aromatic heterocycles. The largest absolute Gasteiger partial charge is 0.340 e. The van der Waals surface area contributed by atoms with Crippen molar-refractivity contribution in [1.29, 1.82) is 0 Å². The Morgan fingerprint density at radius 2 is 1.77 bits per heavy atom. The Morgan fingerprint density at radius 1 is 1.00 bits per heavy atom. The minimum atomic E-state index is 0.421. The van der Waals surface area contributed by atoms with E-state index in [1.54, 1.807) is 0 Å². The first kappa shape index (κ1) is 9.04. The molecule has 2 rings (SSSR count). The van der Waals surface area contributed by atoms with Gasteiger partial charge in [-0.3, -0.25) is 4.79 Å². The van der Waals surface area contributed by atoms with Crippen molar-refractivity contribution < 1.29 is 4.79 Å². The van der Waals surface area contributed by atoms with E-state index in [4.69, 9.17) is 0 Å². The summed E-state index contributed by atoms with van der Waals surface area (Å²) in [6.45, 7) is 1.03. The summed E-state index contributed by atoms with van der Waals surface area (Å²) in [5.41, 5.74) is 0. The molecule has 0 saturated carbocycles. The normalized spacial score (nSPS) is 30.6. The fourth-order valence-electron chi connectivity index (χ4n) is 2.61. The van der Waals surface area contributed by atoms with Gasteiger partial charge in [0.05, 0.1) is 0 Å². The Balaban J connectivity index is 2.07. The second kappa shape index (κ2) is 4.12. The van der Waals surface area contributed by atoms with Crippen LogP contribution in [0.15, 0.2) is 0 Å². The van der Waals surface area contributed by atoms with Crippen LogP contribution in [0.25, 0.3) is 0 Å². The molecule has 0 radical (unpaired) electrons. The van der Waals surface area contributed by atoms with Crippen molar-refractivity contribution >= 4 is 5.91 Å². The SMILES string of the molecule is O=C1CCCCC2CCCCCN12. The summed E-state index contributed by atoms with van der Waals surface area (Å²) in [6.07, 6.45) is 9.56. The van der Waals surface area contributed by atoms with Crippen molar-refractivity contribution in [1.82, 2.24) is 4.90 Å². The highest BCUT2D eigenvalue weighted by molar-refractivity contribution is 5.76. The lowest BCUT2D eigenvalue weighted by atomic mass is 10.1. The van der Waals surface area contributed by atoms with Crippen molar-refractivity contribution in [2.45, 2.75) is 57.4 Å². The van der Waals surface area contributed by atoms with Crippen LogP contribution < -0.4 is 0 Å². The van der Waals surface area contributed by atoms with E-state index in [1.807, 2.05) is 0 Å². The predicted octanol–water partition coefficient (Wildman–Crippen LogP) is 2.33. The summed E-state index contributed by atoms with van der Waals surface area (Å²) >= 11 is 0. The number of hydrogen-bond donors (Lipinski definition) is 0. The Hall–Kier alpha value is -0.530. The maximum atomic E-state index is 11.7. The molecule has 0 aromatic carbocycles. The van der Waals surface area contributed by atoms with Gasteiger partial charge in [-0.05, 0) is 25.7 Å². The Bertz CT molecular complexity index is 189. The minimum Gasteiger partial charge on any atom is -0.340 e. The molecule has 2 heteroatoms. The van der Waals surface area contributed by atoms with Gasteiger partial charge in [-0.2, -0.15) is 0 Å². The molecule has 2 aliphatic rings. The molecular weight excluding hydrogens is 162 g/mol. The van der Waals surface area contributed by atoms with Gasteiger partial charge < -0.3 is 4.90 Å². The van der Waals surface area contributed by atoms with E-state index < -0.39 is 0 Å².